The summed E-state index contributed by atoms with van der Waals surface area (Å²) in [6.45, 7) is 7.23. The van der Waals surface area contributed by atoms with Crippen LogP contribution in [0.2, 0.25) is 0 Å². The average molecular weight is 361 g/mol. The van der Waals surface area contributed by atoms with E-state index in [9.17, 15) is 9.59 Å². The molecule has 0 aliphatic heterocycles. The number of amides is 3. The van der Waals surface area contributed by atoms with Crippen LogP contribution in [0.1, 0.15) is 45.6 Å². The topological polar surface area (TPSA) is 64.7 Å². The molecule has 6 heteroatoms. The van der Waals surface area contributed by atoms with Gasteiger partial charge in [-0.05, 0) is 56.9 Å². The molecule has 144 valence electrons. The average Bonchev–Trinajstić information content (AvgIpc) is 3.43. The third kappa shape index (κ3) is 5.13. The minimum absolute atomic E-state index is 0.193. The fraction of sp³-hybridized carbons (Fsp3) is 0.600. The van der Waals surface area contributed by atoms with Crippen LogP contribution >= 0.6 is 0 Å². The second kappa shape index (κ2) is 8.92. The fourth-order valence-electron chi connectivity index (χ4n) is 2.98. The minimum atomic E-state index is -0.219. The minimum Gasteiger partial charge on any atom is -0.377 e. The molecule has 0 bridgehead atoms. The van der Waals surface area contributed by atoms with Gasteiger partial charge in [0.05, 0.1) is 0 Å². The number of benzene rings is 1. The number of urea groups is 1. The zero-order valence-electron chi connectivity index (χ0n) is 16.6. The smallest absolute Gasteiger partial charge is 0.319 e. The maximum atomic E-state index is 12.8. The van der Waals surface area contributed by atoms with Crippen LogP contribution in [0, 0.1) is 5.92 Å². The highest BCUT2D eigenvalue weighted by molar-refractivity contribution is 5.89. The van der Waals surface area contributed by atoms with Crippen LogP contribution in [0.4, 0.5) is 16.2 Å². The third-order valence-corrected chi connectivity index (χ3v) is 4.83. The summed E-state index contributed by atoms with van der Waals surface area (Å²) in [6.07, 6.45) is 2.93. The number of rotatable bonds is 8. The standard InChI is InChI=1S/C20H32N4O2/c1-6-14(3)24(19(25)15-8-9-15)13-16-12-17(22-20(26)21-7-2)10-11-18(16)23(4)5/h10-12,14-15H,6-9,13H2,1-5H3,(H2,21,22,26)/t14-/m0/s1. The van der Waals surface area contributed by atoms with Gasteiger partial charge >= 0.3 is 6.03 Å². The Morgan fingerprint density at radius 2 is 1.92 bits per heavy atom. The van der Waals surface area contributed by atoms with Crippen LogP contribution < -0.4 is 15.5 Å². The number of nitrogens with zero attached hydrogens (tertiary/aromatic N) is 2. The summed E-state index contributed by atoms with van der Waals surface area (Å²) in [5, 5.41) is 5.59. The van der Waals surface area contributed by atoms with Crippen LogP contribution in [0.3, 0.4) is 0 Å². The molecule has 1 aliphatic carbocycles. The first-order valence-corrected chi connectivity index (χ1v) is 9.52. The van der Waals surface area contributed by atoms with Crippen LogP contribution in [0.5, 0.6) is 0 Å². The summed E-state index contributed by atoms with van der Waals surface area (Å²) in [6, 6.07) is 5.83. The van der Waals surface area contributed by atoms with Crippen molar-refractivity contribution < 1.29 is 9.59 Å². The molecule has 1 atom stereocenters. The largest absolute Gasteiger partial charge is 0.377 e. The van der Waals surface area contributed by atoms with Gasteiger partial charge in [0, 0.05) is 50.5 Å². The first-order chi connectivity index (χ1) is 12.4. The fourth-order valence-corrected chi connectivity index (χ4v) is 2.98. The maximum Gasteiger partial charge on any atom is 0.319 e. The molecule has 26 heavy (non-hydrogen) atoms. The number of anilines is 2. The van der Waals surface area contributed by atoms with E-state index in [1.54, 1.807) is 0 Å². The van der Waals surface area contributed by atoms with Crippen LogP contribution in [-0.2, 0) is 11.3 Å². The van der Waals surface area contributed by atoms with E-state index in [4.69, 9.17) is 0 Å². The van der Waals surface area contributed by atoms with Crippen molar-refractivity contribution in [1.82, 2.24) is 10.2 Å². The second-order valence-corrected chi connectivity index (χ2v) is 7.22. The number of carbonyl (C=O) groups is 2. The lowest BCUT2D eigenvalue weighted by Crippen LogP contribution is -2.39. The van der Waals surface area contributed by atoms with E-state index in [-0.39, 0.29) is 23.9 Å². The van der Waals surface area contributed by atoms with E-state index < -0.39 is 0 Å². The van der Waals surface area contributed by atoms with Crippen LogP contribution in [0.15, 0.2) is 18.2 Å². The lowest BCUT2D eigenvalue weighted by molar-refractivity contribution is -0.135. The molecule has 3 amide bonds. The molecule has 0 spiro atoms. The lowest BCUT2D eigenvalue weighted by Gasteiger charge is -2.31. The van der Waals surface area contributed by atoms with Crippen molar-refractivity contribution in [2.45, 2.75) is 52.6 Å². The predicted octanol–water partition coefficient (Wildman–Crippen LogP) is 3.43. The summed E-state index contributed by atoms with van der Waals surface area (Å²) in [5.41, 5.74) is 2.83. The highest BCUT2D eigenvalue weighted by Crippen LogP contribution is 2.33. The SMILES string of the molecule is CCNC(=O)Nc1ccc(N(C)C)c(CN(C(=O)C2CC2)[C@@H](C)CC)c1. The highest BCUT2D eigenvalue weighted by Gasteiger charge is 2.35. The Balaban J connectivity index is 2.27. The van der Waals surface area contributed by atoms with Crippen molar-refractivity contribution in [3.05, 3.63) is 23.8 Å². The summed E-state index contributed by atoms with van der Waals surface area (Å²) in [7, 11) is 3.98. The van der Waals surface area contributed by atoms with Gasteiger partial charge in [-0.15, -0.1) is 0 Å². The van der Waals surface area contributed by atoms with Gasteiger partial charge in [0.15, 0.2) is 0 Å². The van der Waals surface area contributed by atoms with Gasteiger partial charge in [0.25, 0.3) is 0 Å². The van der Waals surface area contributed by atoms with E-state index in [0.717, 1.165) is 36.2 Å². The molecule has 0 radical (unpaired) electrons. The normalized spacial score (nSPS) is 14.5. The van der Waals surface area contributed by atoms with Crippen molar-refractivity contribution in [1.29, 1.82) is 0 Å². The summed E-state index contributed by atoms with van der Waals surface area (Å²) < 4.78 is 0. The molecule has 1 aliphatic rings. The van der Waals surface area contributed by atoms with E-state index in [0.29, 0.717) is 13.1 Å². The molecule has 1 saturated carbocycles. The van der Waals surface area contributed by atoms with E-state index in [2.05, 4.69) is 24.5 Å². The van der Waals surface area contributed by atoms with Crippen molar-refractivity contribution >= 4 is 23.3 Å². The van der Waals surface area contributed by atoms with Gasteiger partial charge in [-0.1, -0.05) is 6.92 Å². The Kier molecular flexibility index (Phi) is 6.89. The zero-order valence-corrected chi connectivity index (χ0v) is 16.6. The monoisotopic (exact) mass is 360 g/mol. The Hall–Kier alpha value is -2.24. The molecule has 2 N–H and O–H groups in total. The molecular formula is C20H32N4O2. The summed E-state index contributed by atoms with van der Waals surface area (Å²) in [5.74, 6) is 0.453. The third-order valence-electron chi connectivity index (χ3n) is 4.83. The van der Waals surface area contributed by atoms with Crippen molar-refractivity contribution in [2.75, 3.05) is 30.9 Å². The molecule has 0 aromatic heterocycles. The van der Waals surface area contributed by atoms with Gasteiger partial charge in [-0.2, -0.15) is 0 Å². The van der Waals surface area contributed by atoms with Gasteiger partial charge in [0.1, 0.15) is 0 Å². The van der Waals surface area contributed by atoms with E-state index >= 15 is 0 Å². The first-order valence-electron chi connectivity index (χ1n) is 9.52. The molecule has 0 saturated heterocycles. The van der Waals surface area contributed by atoms with Crippen molar-refractivity contribution in [3.63, 3.8) is 0 Å². The van der Waals surface area contributed by atoms with Crippen LogP contribution in [0.25, 0.3) is 0 Å². The maximum absolute atomic E-state index is 12.8. The molecule has 0 unspecified atom stereocenters. The quantitative estimate of drug-likeness (QED) is 0.746. The summed E-state index contributed by atoms with van der Waals surface area (Å²) >= 11 is 0. The van der Waals surface area contributed by atoms with Gasteiger partial charge in [-0.25, -0.2) is 4.79 Å². The molecule has 1 aromatic rings. The van der Waals surface area contributed by atoms with E-state index in [1.807, 2.05) is 49.0 Å². The zero-order chi connectivity index (χ0) is 19.3. The molecule has 1 fully saturated rings. The van der Waals surface area contributed by atoms with Gasteiger partial charge in [-0.3, -0.25) is 4.79 Å². The van der Waals surface area contributed by atoms with Gasteiger partial charge in [0.2, 0.25) is 5.91 Å². The number of nitrogens with one attached hydrogen (secondary N) is 2. The highest BCUT2D eigenvalue weighted by atomic mass is 16.2. The molecule has 1 aromatic carbocycles. The van der Waals surface area contributed by atoms with Crippen molar-refractivity contribution in [3.8, 4) is 0 Å². The Bertz CT molecular complexity index is 641. The predicted molar refractivity (Wildman–Crippen MR) is 106 cm³/mol. The summed E-state index contributed by atoms with van der Waals surface area (Å²) in [4.78, 5) is 28.6. The van der Waals surface area contributed by atoms with Crippen LogP contribution in [-0.4, -0.2) is 43.5 Å². The Morgan fingerprint density at radius 3 is 2.46 bits per heavy atom. The first kappa shape index (κ1) is 20.1. The Morgan fingerprint density at radius 1 is 1.23 bits per heavy atom. The molecule has 2 rings (SSSR count). The molecular weight excluding hydrogens is 328 g/mol. The lowest BCUT2D eigenvalue weighted by atomic mass is 10.1. The molecule has 0 heterocycles. The number of hydrogen-bond donors (Lipinski definition) is 2. The Labute approximate surface area is 156 Å². The number of carbonyl (C=O) groups excluding carboxylic acids is 2. The van der Waals surface area contributed by atoms with Crippen molar-refractivity contribution in [2.24, 2.45) is 5.92 Å². The molecule has 6 nitrogen and oxygen atoms in total. The number of hydrogen-bond acceptors (Lipinski definition) is 3. The van der Waals surface area contributed by atoms with Gasteiger partial charge < -0.3 is 20.4 Å². The van der Waals surface area contributed by atoms with E-state index in [1.165, 1.54) is 0 Å². The second-order valence-electron chi connectivity index (χ2n) is 7.22.